The number of benzene rings is 2. The Labute approximate surface area is 170 Å². The van der Waals surface area contributed by atoms with Gasteiger partial charge in [-0.15, -0.1) is 0 Å². The fourth-order valence-corrected chi connectivity index (χ4v) is 5.24. The second-order valence-electron chi connectivity index (χ2n) is 7.23. The minimum Gasteiger partial charge on any atom is -0.493 e. The Morgan fingerprint density at radius 1 is 1.17 bits per heavy atom. The molecule has 0 amide bonds. The van der Waals surface area contributed by atoms with Crippen molar-refractivity contribution in [2.24, 2.45) is 0 Å². The lowest BCUT2D eigenvalue weighted by Gasteiger charge is -2.30. The smallest absolute Gasteiger partial charge is 0.161 e. The zero-order chi connectivity index (χ0) is 20.9. The van der Waals surface area contributed by atoms with Crippen molar-refractivity contribution in [3.05, 3.63) is 59.9 Å². The molecule has 1 aliphatic rings. The molecule has 3 rings (SSSR count). The first-order valence-corrected chi connectivity index (χ1v) is 11.3. The highest BCUT2D eigenvalue weighted by molar-refractivity contribution is 7.91. The highest BCUT2D eigenvalue weighted by Crippen LogP contribution is 2.26. The van der Waals surface area contributed by atoms with Crippen molar-refractivity contribution >= 4 is 9.84 Å². The molecule has 0 aromatic heterocycles. The summed E-state index contributed by atoms with van der Waals surface area (Å²) in [6, 6.07) is 13.1. The molecule has 2 aromatic carbocycles. The van der Waals surface area contributed by atoms with E-state index in [2.05, 4.69) is 0 Å². The van der Waals surface area contributed by atoms with Crippen molar-refractivity contribution < 1.29 is 27.4 Å². The van der Waals surface area contributed by atoms with Gasteiger partial charge in [-0.2, -0.15) is 0 Å². The second kappa shape index (κ2) is 9.56. The van der Waals surface area contributed by atoms with Crippen LogP contribution in [0.2, 0.25) is 0 Å². The fraction of sp³-hybridized carbons (Fsp3) is 0.429. The van der Waals surface area contributed by atoms with Crippen LogP contribution < -0.4 is 9.47 Å². The Balaban J connectivity index is 1.66. The number of ether oxygens (including phenoxy) is 2. The molecule has 2 atom stereocenters. The number of rotatable bonds is 9. The van der Waals surface area contributed by atoms with E-state index in [9.17, 15) is 17.9 Å². The van der Waals surface area contributed by atoms with Crippen LogP contribution in [0.1, 0.15) is 12.0 Å². The molecule has 1 fully saturated rings. The number of nitrogens with zero attached hydrogens (tertiary/aromatic N) is 1. The summed E-state index contributed by atoms with van der Waals surface area (Å²) in [4.78, 5) is 1.94. The number of aliphatic hydroxyl groups is 1. The van der Waals surface area contributed by atoms with Gasteiger partial charge in [-0.1, -0.05) is 24.3 Å². The van der Waals surface area contributed by atoms with Gasteiger partial charge in [-0.05, 0) is 36.2 Å². The molecule has 1 heterocycles. The summed E-state index contributed by atoms with van der Waals surface area (Å²) in [7, 11) is -1.53. The van der Waals surface area contributed by atoms with Crippen LogP contribution in [-0.2, 0) is 16.4 Å². The molecule has 2 aromatic rings. The zero-order valence-electron chi connectivity index (χ0n) is 16.3. The summed E-state index contributed by atoms with van der Waals surface area (Å²) in [5.74, 6) is 0.987. The summed E-state index contributed by atoms with van der Waals surface area (Å²) in [6.07, 6.45) is -0.312. The molecule has 1 saturated heterocycles. The number of sulfone groups is 1. The molecule has 0 bridgehead atoms. The third kappa shape index (κ3) is 6.16. The molecular weight excluding hydrogens is 397 g/mol. The third-order valence-electron chi connectivity index (χ3n) is 4.97. The van der Waals surface area contributed by atoms with Crippen LogP contribution in [0.3, 0.4) is 0 Å². The Hall–Kier alpha value is -2.16. The number of hydrogen-bond acceptors (Lipinski definition) is 6. The van der Waals surface area contributed by atoms with E-state index in [0.29, 0.717) is 24.5 Å². The molecule has 158 valence electrons. The average Bonchev–Trinajstić information content (AvgIpc) is 3.07. The van der Waals surface area contributed by atoms with E-state index in [4.69, 9.17) is 9.47 Å². The molecular formula is C21H26FNO5S. The summed E-state index contributed by atoms with van der Waals surface area (Å²) >= 11 is 0. The molecule has 6 nitrogen and oxygen atoms in total. The number of para-hydroxylation sites is 2. The highest BCUT2D eigenvalue weighted by Gasteiger charge is 2.33. The standard InChI is InChI=1S/C21H26FNO5S/c1-27-20-4-2-3-5-21(20)28-14-19(24)13-23(18-10-11-29(25,26)15-18)12-16-6-8-17(22)9-7-16/h2-9,18-19,24H,10-15H2,1H3/t18-,19+/m1/s1. The van der Waals surface area contributed by atoms with Gasteiger partial charge in [-0.3, -0.25) is 4.90 Å². The van der Waals surface area contributed by atoms with Crippen LogP contribution in [0, 0.1) is 5.82 Å². The first-order valence-electron chi connectivity index (χ1n) is 9.49. The van der Waals surface area contributed by atoms with E-state index in [1.165, 1.54) is 12.1 Å². The van der Waals surface area contributed by atoms with Crippen molar-refractivity contribution in [3.8, 4) is 11.5 Å². The minimum atomic E-state index is -3.07. The van der Waals surface area contributed by atoms with E-state index in [-0.39, 0.29) is 36.5 Å². The van der Waals surface area contributed by atoms with Gasteiger partial charge in [0.05, 0.1) is 18.6 Å². The first kappa shape index (κ1) is 21.5. The predicted octanol–water partition coefficient (Wildman–Crippen LogP) is 2.26. The van der Waals surface area contributed by atoms with Gasteiger partial charge >= 0.3 is 0 Å². The molecule has 1 N–H and O–H groups in total. The monoisotopic (exact) mass is 423 g/mol. The Morgan fingerprint density at radius 3 is 2.48 bits per heavy atom. The van der Waals surface area contributed by atoms with Crippen molar-refractivity contribution in [3.63, 3.8) is 0 Å². The second-order valence-corrected chi connectivity index (χ2v) is 9.46. The molecule has 8 heteroatoms. The quantitative estimate of drug-likeness (QED) is 0.667. The van der Waals surface area contributed by atoms with Gasteiger partial charge in [0, 0.05) is 19.1 Å². The number of halogens is 1. The largest absolute Gasteiger partial charge is 0.493 e. The molecule has 1 aliphatic heterocycles. The number of aliphatic hydroxyl groups excluding tert-OH is 1. The van der Waals surface area contributed by atoms with Gasteiger partial charge < -0.3 is 14.6 Å². The lowest BCUT2D eigenvalue weighted by Crippen LogP contribution is -2.42. The van der Waals surface area contributed by atoms with Gasteiger partial charge in [0.25, 0.3) is 0 Å². The van der Waals surface area contributed by atoms with Crippen LogP contribution in [-0.4, -0.2) is 62.3 Å². The third-order valence-corrected chi connectivity index (χ3v) is 6.72. The predicted molar refractivity (Wildman–Crippen MR) is 108 cm³/mol. The summed E-state index contributed by atoms with van der Waals surface area (Å²) in [6.45, 7) is 0.707. The Bertz CT molecular complexity index is 904. The van der Waals surface area contributed by atoms with E-state index in [0.717, 1.165) is 5.56 Å². The summed E-state index contributed by atoms with van der Waals surface area (Å²) < 4.78 is 48.0. The van der Waals surface area contributed by atoms with Crippen molar-refractivity contribution in [2.75, 3.05) is 31.8 Å². The van der Waals surface area contributed by atoms with Crippen molar-refractivity contribution in [2.45, 2.75) is 25.1 Å². The van der Waals surface area contributed by atoms with Crippen LogP contribution in [0.5, 0.6) is 11.5 Å². The van der Waals surface area contributed by atoms with Crippen LogP contribution >= 0.6 is 0 Å². The SMILES string of the molecule is COc1ccccc1OC[C@@H](O)CN(Cc1ccc(F)cc1)[C@@H]1CCS(=O)(=O)C1. The van der Waals surface area contributed by atoms with Crippen molar-refractivity contribution in [1.82, 2.24) is 4.90 Å². The maximum Gasteiger partial charge on any atom is 0.161 e. The lowest BCUT2D eigenvalue weighted by molar-refractivity contribution is 0.0517. The molecule has 0 unspecified atom stereocenters. The van der Waals surface area contributed by atoms with E-state index < -0.39 is 15.9 Å². The van der Waals surface area contributed by atoms with E-state index in [1.54, 1.807) is 31.4 Å². The fourth-order valence-electron chi connectivity index (χ4n) is 3.48. The molecule has 0 aliphatic carbocycles. The number of hydrogen-bond donors (Lipinski definition) is 1. The summed E-state index contributed by atoms with van der Waals surface area (Å²) in [5, 5.41) is 10.5. The van der Waals surface area contributed by atoms with E-state index >= 15 is 0 Å². The normalized spacial score (nSPS) is 19.2. The molecule has 0 saturated carbocycles. The zero-order valence-corrected chi connectivity index (χ0v) is 17.1. The Morgan fingerprint density at radius 2 is 1.86 bits per heavy atom. The van der Waals surface area contributed by atoms with Crippen LogP contribution in [0.15, 0.2) is 48.5 Å². The minimum absolute atomic E-state index is 0.0414. The molecule has 29 heavy (non-hydrogen) atoms. The van der Waals surface area contributed by atoms with Crippen molar-refractivity contribution in [1.29, 1.82) is 0 Å². The molecule has 0 spiro atoms. The number of methoxy groups -OCH3 is 1. The van der Waals surface area contributed by atoms with Gasteiger partial charge in [-0.25, -0.2) is 12.8 Å². The van der Waals surface area contributed by atoms with Crippen LogP contribution in [0.25, 0.3) is 0 Å². The van der Waals surface area contributed by atoms with Gasteiger partial charge in [0.15, 0.2) is 21.3 Å². The topological polar surface area (TPSA) is 76.1 Å². The Kier molecular flexibility index (Phi) is 7.10. The van der Waals surface area contributed by atoms with Gasteiger partial charge in [0.1, 0.15) is 18.5 Å². The van der Waals surface area contributed by atoms with Crippen LogP contribution in [0.4, 0.5) is 4.39 Å². The molecule has 0 radical (unpaired) electrons. The average molecular weight is 424 g/mol. The van der Waals surface area contributed by atoms with E-state index in [1.807, 2.05) is 17.0 Å². The maximum absolute atomic E-state index is 13.2. The summed E-state index contributed by atoms with van der Waals surface area (Å²) in [5.41, 5.74) is 0.855. The highest BCUT2D eigenvalue weighted by atomic mass is 32.2. The lowest BCUT2D eigenvalue weighted by atomic mass is 10.1. The van der Waals surface area contributed by atoms with Gasteiger partial charge in [0.2, 0.25) is 0 Å². The maximum atomic E-state index is 13.2. The first-order chi connectivity index (χ1) is 13.9.